The molecule has 3 heterocycles. The molecule has 0 spiro atoms. The van der Waals surface area contributed by atoms with Gasteiger partial charge in [0.15, 0.2) is 0 Å². The number of aromatic nitrogens is 3. The van der Waals surface area contributed by atoms with Crippen molar-refractivity contribution in [2.45, 2.75) is 6.54 Å². The lowest BCUT2D eigenvalue weighted by Crippen LogP contribution is -2.39. The van der Waals surface area contributed by atoms with Gasteiger partial charge in [0.25, 0.3) is 0 Å². The molecular formula is C22H23N5O3S. The molecule has 0 saturated carbocycles. The molecule has 8 nitrogen and oxygen atoms in total. The fourth-order valence-corrected chi connectivity index (χ4v) is 4.23. The number of carbonyl (C=O) groups is 2. The lowest BCUT2D eigenvalue weighted by molar-refractivity contribution is -0.132. The molecule has 1 N–H and O–H groups in total. The summed E-state index contributed by atoms with van der Waals surface area (Å²) in [5.41, 5.74) is 3.60. The minimum absolute atomic E-state index is 0.00801. The van der Waals surface area contributed by atoms with Crippen molar-refractivity contribution in [3.63, 3.8) is 0 Å². The number of methoxy groups -OCH3 is 1. The number of hydrogen-bond donors (Lipinski definition) is 1. The van der Waals surface area contributed by atoms with E-state index in [9.17, 15) is 9.59 Å². The fourth-order valence-electron chi connectivity index (χ4n) is 3.33. The van der Waals surface area contributed by atoms with E-state index in [1.807, 2.05) is 47.1 Å². The van der Waals surface area contributed by atoms with E-state index in [1.54, 1.807) is 24.4 Å². The quantitative estimate of drug-likeness (QED) is 0.582. The van der Waals surface area contributed by atoms with Gasteiger partial charge in [-0.1, -0.05) is 12.1 Å². The van der Waals surface area contributed by atoms with Crippen LogP contribution in [0.5, 0.6) is 5.75 Å². The lowest BCUT2D eigenvalue weighted by atomic mass is 10.1. The minimum Gasteiger partial charge on any atom is -0.497 e. The van der Waals surface area contributed by atoms with Crippen LogP contribution < -0.4 is 10.1 Å². The highest BCUT2D eigenvalue weighted by atomic mass is 32.2. The molecule has 1 aliphatic heterocycles. The molecule has 1 aromatic carbocycles. The Morgan fingerprint density at radius 1 is 1.23 bits per heavy atom. The van der Waals surface area contributed by atoms with Crippen LogP contribution in [0.4, 0.5) is 0 Å². The highest BCUT2D eigenvalue weighted by Gasteiger charge is 2.22. The van der Waals surface area contributed by atoms with Gasteiger partial charge in [-0.25, -0.2) is 0 Å². The van der Waals surface area contributed by atoms with E-state index >= 15 is 0 Å². The second kappa shape index (κ2) is 9.65. The third kappa shape index (κ3) is 5.05. The van der Waals surface area contributed by atoms with E-state index in [1.165, 1.54) is 11.8 Å². The molecule has 2 aromatic heterocycles. The number of pyridine rings is 1. The highest BCUT2D eigenvalue weighted by molar-refractivity contribution is 8.00. The summed E-state index contributed by atoms with van der Waals surface area (Å²) < 4.78 is 7.23. The minimum atomic E-state index is -0.168. The average Bonchev–Trinajstić information content (AvgIpc) is 3.41. The van der Waals surface area contributed by atoms with Crippen LogP contribution in [0.2, 0.25) is 0 Å². The fraction of sp³-hybridized carbons (Fsp3) is 0.273. The first-order valence-corrected chi connectivity index (χ1v) is 11.0. The van der Waals surface area contributed by atoms with Gasteiger partial charge in [0, 0.05) is 30.1 Å². The zero-order valence-corrected chi connectivity index (χ0v) is 18.0. The van der Waals surface area contributed by atoms with E-state index in [4.69, 9.17) is 9.84 Å². The average molecular weight is 438 g/mol. The topological polar surface area (TPSA) is 89.3 Å². The van der Waals surface area contributed by atoms with Gasteiger partial charge in [-0.2, -0.15) is 5.10 Å². The van der Waals surface area contributed by atoms with Crippen molar-refractivity contribution < 1.29 is 14.3 Å². The van der Waals surface area contributed by atoms with E-state index in [2.05, 4.69) is 10.3 Å². The predicted octanol–water partition coefficient (Wildman–Crippen LogP) is 2.27. The van der Waals surface area contributed by atoms with Gasteiger partial charge < -0.3 is 15.0 Å². The van der Waals surface area contributed by atoms with Crippen LogP contribution in [0.15, 0.2) is 54.9 Å². The second-order valence-corrected chi connectivity index (χ2v) is 7.99. The highest BCUT2D eigenvalue weighted by Crippen LogP contribution is 2.28. The maximum atomic E-state index is 12.2. The van der Waals surface area contributed by atoms with Crippen LogP contribution >= 0.6 is 11.8 Å². The zero-order valence-electron chi connectivity index (χ0n) is 17.2. The van der Waals surface area contributed by atoms with Crippen LogP contribution in [0, 0.1) is 0 Å². The van der Waals surface area contributed by atoms with Crippen LogP contribution in [-0.2, 0) is 16.1 Å². The van der Waals surface area contributed by atoms with E-state index in [0.717, 1.165) is 28.3 Å². The van der Waals surface area contributed by atoms with Crippen LogP contribution in [0.1, 0.15) is 0 Å². The van der Waals surface area contributed by atoms with Crippen LogP contribution in [-0.4, -0.2) is 63.3 Å². The third-order valence-electron chi connectivity index (χ3n) is 4.91. The summed E-state index contributed by atoms with van der Waals surface area (Å²) in [6.45, 7) is 0.981. The van der Waals surface area contributed by atoms with Crippen molar-refractivity contribution in [3.05, 3.63) is 54.9 Å². The first kappa shape index (κ1) is 20.9. The molecule has 0 unspecified atom stereocenters. The number of ether oxygens (including phenoxy) is 1. The molecule has 4 rings (SSSR count). The first-order valence-electron chi connectivity index (χ1n) is 9.89. The smallest absolute Gasteiger partial charge is 0.239 e. The maximum absolute atomic E-state index is 12.2. The molecule has 1 aliphatic rings. The Balaban J connectivity index is 1.50. The van der Waals surface area contributed by atoms with Crippen molar-refractivity contribution in [2.75, 3.05) is 31.8 Å². The van der Waals surface area contributed by atoms with Crippen molar-refractivity contribution >= 4 is 23.6 Å². The summed E-state index contributed by atoms with van der Waals surface area (Å²) in [7, 11) is 1.64. The van der Waals surface area contributed by atoms with Crippen molar-refractivity contribution in [1.82, 2.24) is 25.0 Å². The maximum Gasteiger partial charge on any atom is 0.239 e. The second-order valence-electron chi connectivity index (χ2n) is 7.03. The molecule has 0 aliphatic carbocycles. The lowest BCUT2D eigenvalue weighted by Gasteiger charge is -2.14. The number of thioether (sulfide) groups is 1. The summed E-state index contributed by atoms with van der Waals surface area (Å²) in [5.74, 6) is 1.61. The Hall–Kier alpha value is -3.33. The Bertz CT molecular complexity index is 1070. The molecule has 1 fully saturated rings. The number of rotatable bonds is 8. The standard InChI is InChI=1S/C22H23N5O3S/c1-30-18-6-2-4-16(10-18)20-11-19(17-5-3-7-23-12-17)25-27(20)9-8-24-21(28)13-26-15-31-14-22(26)29/h2-7,10-12H,8-9,13-15H2,1H3,(H,24,28). The molecule has 0 radical (unpaired) electrons. The summed E-state index contributed by atoms with van der Waals surface area (Å²) in [5, 5.41) is 7.63. The Morgan fingerprint density at radius 3 is 2.84 bits per heavy atom. The molecular weight excluding hydrogens is 414 g/mol. The van der Waals surface area contributed by atoms with Crippen LogP contribution in [0.25, 0.3) is 22.5 Å². The Morgan fingerprint density at radius 2 is 2.10 bits per heavy atom. The SMILES string of the molecule is COc1cccc(-c2cc(-c3cccnc3)nn2CCNC(=O)CN2CSCC2=O)c1. The van der Waals surface area contributed by atoms with Crippen molar-refractivity contribution in [1.29, 1.82) is 0 Å². The van der Waals surface area contributed by atoms with Gasteiger partial charge in [0.1, 0.15) is 12.3 Å². The van der Waals surface area contributed by atoms with Gasteiger partial charge in [-0.15, -0.1) is 11.8 Å². The van der Waals surface area contributed by atoms with Gasteiger partial charge in [-0.3, -0.25) is 19.3 Å². The number of nitrogens with zero attached hydrogens (tertiary/aromatic N) is 4. The predicted molar refractivity (Wildman–Crippen MR) is 119 cm³/mol. The van der Waals surface area contributed by atoms with E-state index in [-0.39, 0.29) is 18.4 Å². The number of carbonyl (C=O) groups excluding carboxylic acids is 2. The summed E-state index contributed by atoms with van der Waals surface area (Å²) >= 11 is 1.52. The molecule has 0 atom stereocenters. The number of benzene rings is 1. The van der Waals surface area contributed by atoms with E-state index in [0.29, 0.717) is 24.7 Å². The Kier molecular flexibility index (Phi) is 6.51. The molecule has 3 aromatic rings. The number of amides is 2. The summed E-state index contributed by atoms with van der Waals surface area (Å²) in [6, 6.07) is 13.6. The van der Waals surface area contributed by atoms with Crippen LogP contribution in [0.3, 0.4) is 0 Å². The summed E-state index contributed by atoms with van der Waals surface area (Å²) in [4.78, 5) is 29.7. The number of nitrogens with one attached hydrogen (secondary N) is 1. The largest absolute Gasteiger partial charge is 0.497 e. The molecule has 9 heteroatoms. The normalized spacial score (nSPS) is 13.5. The molecule has 160 valence electrons. The van der Waals surface area contributed by atoms with Gasteiger partial charge in [-0.05, 0) is 30.3 Å². The molecule has 2 amide bonds. The summed E-state index contributed by atoms with van der Waals surface area (Å²) in [6.07, 6.45) is 3.50. The van der Waals surface area contributed by atoms with Gasteiger partial charge >= 0.3 is 0 Å². The van der Waals surface area contributed by atoms with Gasteiger partial charge in [0.05, 0.1) is 36.7 Å². The van der Waals surface area contributed by atoms with Crippen molar-refractivity contribution in [3.8, 4) is 28.3 Å². The molecule has 1 saturated heterocycles. The zero-order chi connectivity index (χ0) is 21.6. The Labute approximate surface area is 184 Å². The monoisotopic (exact) mass is 437 g/mol. The third-order valence-corrected chi connectivity index (χ3v) is 5.85. The number of hydrogen-bond acceptors (Lipinski definition) is 6. The van der Waals surface area contributed by atoms with E-state index < -0.39 is 0 Å². The first-order chi connectivity index (χ1) is 15.1. The molecule has 0 bridgehead atoms. The van der Waals surface area contributed by atoms with Gasteiger partial charge in [0.2, 0.25) is 11.8 Å². The van der Waals surface area contributed by atoms with Crippen molar-refractivity contribution in [2.24, 2.45) is 0 Å². The molecule has 31 heavy (non-hydrogen) atoms.